The molecule has 20 heavy (non-hydrogen) atoms. The van der Waals surface area contributed by atoms with Crippen LogP contribution in [0.25, 0.3) is 0 Å². The lowest BCUT2D eigenvalue weighted by Crippen LogP contribution is -2.63. The van der Waals surface area contributed by atoms with Gasteiger partial charge in [0.25, 0.3) is 0 Å². The van der Waals surface area contributed by atoms with E-state index >= 15 is 0 Å². The molecule has 2 saturated carbocycles. The predicted molar refractivity (Wildman–Crippen MR) is 63.4 cm³/mol. The molecule has 4 amide bonds. The van der Waals surface area contributed by atoms with Crippen LogP contribution >= 0.6 is 0 Å². The van der Waals surface area contributed by atoms with Gasteiger partial charge in [-0.2, -0.15) is 0 Å². The van der Waals surface area contributed by atoms with Gasteiger partial charge in [0.15, 0.2) is 0 Å². The molecule has 2 bridgehead atoms. The maximum Gasteiger partial charge on any atom is 0.231 e. The van der Waals surface area contributed by atoms with E-state index < -0.39 is 0 Å². The molecule has 6 nitrogen and oxygen atoms in total. The van der Waals surface area contributed by atoms with Crippen LogP contribution in [0, 0.1) is 47.3 Å². The van der Waals surface area contributed by atoms with Crippen LogP contribution in [0.15, 0.2) is 12.2 Å². The van der Waals surface area contributed by atoms with E-state index in [0.29, 0.717) is 0 Å². The Balaban J connectivity index is 1.63. The zero-order chi connectivity index (χ0) is 13.8. The van der Waals surface area contributed by atoms with E-state index in [0.717, 1.165) is 0 Å². The summed E-state index contributed by atoms with van der Waals surface area (Å²) in [5.41, 5.74) is 0. The highest BCUT2D eigenvalue weighted by Crippen LogP contribution is 2.66. The van der Waals surface area contributed by atoms with Crippen molar-refractivity contribution in [2.45, 2.75) is 0 Å². The average Bonchev–Trinajstić information content (AvgIpc) is 2.78. The number of hydrogen-bond donors (Lipinski definition) is 2. The van der Waals surface area contributed by atoms with Gasteiger partial charge >= 0.3 is 0 Å². The Hall–Kier alpha value is -1.98. The quantitative estimate of drug-likeness (QED) is 0.429. The van der Waals surface area contributed by atoms with E-state index in [1.165, 1.54) is 0 Å². The number of amides is 4. The molecule has 102 valence electrons. The van der Waals surface area contributed by atoms with Gasteiger partial charge < -0.3 is 0 Å². The maximum absolute atomic E-state index is 12.0. The van der Waals surface area contributed by atoms with E-state index in [1.54, 1.807) is 0 Å². The first-order valence-corrected chi connectivity index (χ1v) is 6.97. The van der Waals surface area contributed by atoms with E-state index in [9.17, 15) is 19.2 Å². The summed E-state index contributed by atoms with van der Waals surface area (Å²) >= 11 is 0. The van der Waals surface area contributed by atoms with Crippen LogP contribution < -0.4 is 10.6 Å². The van der Waals surface area contributed by atoms with Gasteiger partial charge in [-0.3, -0.25) is 29.8 Å². The summed E-state index contributed by atoms with van der Waals surface area (Å²) in [6.07, 6.45) is 3.97. The van der Waals surface area contributed by atoms with Crippen LogP contribution in [-0.2, 0) is 19.2 Å². The van der Waals surface area contributed by atoms with Crippen LogP contribution in [0.3, 0.4) is 0 Å². The molecule has 2 aliphatic heterocycles. The van der Waals surface area contributed by atoms with Gasteiger partial charge in [-0.05, 0) is 23.7 Å². The van der Waals surface area contributed by atoms with Crippen molar-refractivity contribution in [2.75, 3.05) is 0 Å². The molecule has 4 fully saturated rings. The number of fused-ring (bicyclic) bond motifs is 1. The number of rotatable bonds is 0. The zero-order valence-electron chi connectivity index (χ0n) is 10.4. The van der Waals surface area contributed by atoms with Crippen LogP contribution in [-0.4, -0.2) is 23.6 Å². The molecule has 0 radical (unpaired) electrons. The van der Waals surface area contributed by atoms with Crippen LogP contribution in [0.4, 0.5) is 0 Å². The highest BCUT2D eigenvalue weighted by atomic mass is 16.2. The average molecular weight is 272 g/mol. The van der Waals surface area contributed by atoms with Crippen molar-refractivity contribution in [2.24, 2.45) is 47.3 Å². The molecule has 4 aliphatic carbocycles. The molecular weight excluding hydrogens is 260 g/mol. The summed E-state index contributed by atoms with van der Waals surface area (Å²) in [5, 5.41) is 4.81. The minimum Gasteiger partial charge on any atom is -0.296 e. The third-order valence-corrected chi connectivity index (χ3v) is 6.03. The molecule has 0 aromatic rings. The third kappa shape index (κ3) is 0.910. The van der Waals surface area contributed by atoms with Gasteiger partial charge in [-0.25, -0.2) is 0 Å². The van der Waals surface area contributed by atoms with Crippen molar-refractivity contribution in [1.29, 1.82) is 0 Å². The smallest absolute Gasteiger partial charge is 0.231 e. The molecule has 6 rings (SSSR count). The van der Waals surface area contributed by atoms with Gasteiger partial charge in [-0.15, -0.1) is 0 Å². The zero-order valence-corrected chi connectivity index (χ0v) is 10.4. The predicted octanol–water partition coefficient (Wildman–Crippen LogP) is -1.17. The largest absolute Gasteiger partial charge is 0.296 e. The first kappa shape index (κ1) is 10.8. The van der Waals surface area contributed by atoms with Gasteiger partial charge in [0.1, 0.15) is 0 Å². The van der Waals surface area contributed by atoms with Crippen molar-refractivity contribution >= 4 is 23.6 Å². The van der Waals surface area contributed by atoms with Crippen molar-refractivity contribution < 1.29 is 19.2 Å². The second-order valence-corrected chi connectivity index (χ2v) is 6.50. The van der Waals surface area contributed by atoms with Crippen molar-refractivity contribution in [3.8, 4) is 0 Å². The number of carbonyl (C=O) groups is 4. The molecule has 6 aliphatic rings. The number of allylic oxidation sites excluding steroid dienone is 2. The van der Waals surface area contributed by atoms with Gasteiger partial charge in [-0.1, -0.05) is 12.2 Å². The summed E-state index contributed by atoms with van der Waals surface area (Å²) in [7, 11) is 0. The Kier molecular flexibility index (Phi) is 1.63. The highest BCUT2D eigenvalue weighted by molar-refractivity contribution is 6.09. The minimum absolute atomic E-state index is 0.0411. The van der Waals surface area contributed by atoms with E-state index in [1.807, 2.05) is 12.2 Å². The Morgan fingerprint density at radius 2 is 0.950 bits per heavy atom. The van der Waals surface area contributed by atoms with Crippen LogP contribution in [0.5, 0.6) is 0 Å². The molecule has 0 unspecified atom stereocenters. The molecule has 0 aromatic carbocycles. The molecule has 2 N–H and O–H groups in total. The van der Waals surface area contributed by atoms with Gasteiger partial charge in [0, 0.05) is 0 Å². The Morgan fingerprint density at radius 3 is 1.35 bits per heavy atom. The highest BCUT2D eigenvalue weighted by Gasteiger charge is 2.72. The fourth-order valence-electron chi connectivity index (χ4n) is 5.44. The van der Waals surface area contributed by atoms with Crippen molar-refractivity contribution in [3.05, 3.63) is 12.2 Å². The second kappa shape index (κ2) is 3.02. The van der Waals surface area contributed by atoms with Crippen LogP contribution in [0.1, 0.15) is 0 Å². The molecule has 2 heterocycles. The SMILES string of the molecule is O=C1NC(=O)[C@H]2[C@@H]3C=C[C@H]([C@@H]12)[C@@H]1[C@H]2C(=O)NC(=O)[C@H]2[C@H]31. The number of imide groups is 2. The lowest BCUT2D eigenvalue weighted by molar-refractivity contribution is -0.166. The summed E-state index contributed by atoms with van der Waals surface area (Å²) < 4.78 is 0. The van der Waals surface area contributed by atoms with E-state index in [4.69, 9.17) is 0 Å². The molecule has 8 atom stereocenters. The van der Waals surface area contributed by atoms with Gasteiger partial charge in [0.05, 0.1) is 23.7 Å². The second-order valence-electron chi connectivity index (χ2n) is 6.50. The summed E-state index contributed by atoms with van der Waals surface area (Å²) in [6, 6.07) is 0. The van der Waals surface area contributed by atoms with E-state index in [2.05, 4.69) is 10.6 Å². The summed E-state index contributed by atoms with van der Waals surface area (Å²) in [6.45, 7) is 0. The summed E-state index contributed by atoms with van der Waals surface area (Å²) in [5.74, 6) is -2.21. The Morgan fingerprint density at radius 1 is 0.600 bits per heavy atom. The van der Waals surface area contributed by atoms with Gasteiger partial charge in [0.2, 0.25) is 23.6 Å². The molecule has 0 aromatic heterocycles. The Labute approximate surface area is 114 Å². The fourth-order valence-corrected chi connectivity index (χ4v) is 5.44. The van der Waals surface area contributed by atoms with E-state index in [-0.39, 0.29) is 71.0 Å². The van der Waals surface area contributed by atoms with Crippen molar-refractivity contribution in [3.63, 3.8) is 0 Å². The normalized spacial score (nSPS) is 54.0. The van der Waals surface area contributed by atoms with Crippen LogP contribution in [0.2, 0.25) is 0 Å². The topological polar surface area (TPSA) is 92.3 Å². The number of carbonyl (C=O) groups excluding carboxylic acids is 4. The minimum atomic E-state index is -0.344. The van der Waals surface area contributed by atoms with Crippen molar-refractivity contribution in [1.82, 2.24) is 10.6 Å². The first-order chi connectivity index (χ1) is 9.59. The maximum atomic E-state index is 12.0. The standard InChI is InChI=1S/C14H12N2O4/c17-11-7-3-1-2-4(8(7)12(18)15-11)6-5(3)9-10(6)14(20)16-13(9)19/h1-10H,(H,15,17,18)(H,16,19,20)/t3-,4+,5-,6+,7+,8-,9+,10-. The monoisotopic (exact) mass is 272 g/mol. The molecule has 2 saturated heterocycles. The molecule has 0 spiro atoms. The Bertz CT molecular complexity index is 587. The molecule has 6 heteroatoms. The lowest BCUT2D eigenvalue weighted by atomic mass is 9.40. The number of hydrogen-bond acceptors (Lipinski definition) is 4. The molecular formula is C14H12N2O4. The first-order valence-electron chi connectivity index (χ1n) is 6.97. The summed E-state index contributed by atoms with van der Waals surface area (Å²) in [4.78, 5) is 47.8. The number of nitrogens with one attached hydrogen (secondary N) is 2. The lowest BCUT2D eigenvalue weighted by Gasteiger charge is -2.60. The fraction of sp³-hybridized carbons (Fsp3) is 0.571. The third-order valence-electron chi connectivity index (χ3n) is 6.03.